The van der Waals surface area contributed by atoms with Gasteiger partial charge in [0.25, 0.3) is 0 Å². The van der Waals surface area contributed by atoms with Crippen LogP contribution in [-0.4, -0.2) is 40.1 Å². The van der Waals surface area contributed by atoms with Crippen molar-refractivity contribution in [3.63, 3.8) is 0 Å². The van der Waals surface area contributed by atoms with Gasteiger partial charge >= 0.3 is 0 Å². The van der Waals surface area contributed by atoms with E-state index < -0.39 is 0 Å². The minimum absolute atomic E-state index is 0.0163. The summed E-state index contributed by atoms with van der Waals surface area (Å²) in [7, 11) is 0. The molecule has 1 N–H and O–H groups in total. The minimum atomic E-state index is -0.0163. The van der Waals surface area contributed by atoms with E-state index in [-0.39, 0.29) is 24.0 Å². The molecule has 0 unspecified atom stereocenters. The smallest absolute Gasteiger partial charge is 0.229 e. The molecule has 5 heteroatoms. The molecule has 1 saturated carbocycles. The van der Waals surface area contributed by atoms with Gasteiger partial charge in [-0.2, -0.15) is 0 Å². The lowest BCUT2D eigenvalue weighted by Gasteiger charge is -2.30. The monoisotopic (exact) mass is 322 g/mol. The van der Waals surface area contributed by atoms with E-state index in [9.17, 15) is 9.90 Å². The van der Waals surface area contributed by atoms with Crippen molar-refractivity contribution < 1.29 is 9.90 Å². The molecule has 1 aliphatic carbocycles. The molecule has 1 aliphatic heterocycles. The van der Waals surface area contributed by atoms with Crippen LogP contribution in [0.3, 0.4) is 0 Å². The number of aliphatic hydroxyl groups is 1. The first kappa shape index (κ1) is 15.9. The third-order valence-corrected chi connectivity index (χ3v) is 6.43. The molecule has 22 heavy (non-hydrogen) atoms. The number of carbonyl (C=O) groups is 1. The molecule has 1 amide bonds. The van der Waals surface area contributed by atoms with Crippen molar-refractivity contribution in [1.82, 2.24) is 9.88 Å². The van der Waals surface area contributed by atoms with Crippen molar-refractivity contribution in [2.24, 2.45) is 5.41 Å². The third-order valence-electron chi connectivity index (χ3n) is 5.45. The summed E-state index contributed by atoms with van der Waals surface area (Å²) < 4.78 is 0. The van der Waals surface area contributed by atoms with E-state index in [4.69, 9.17) is 0 Å². The van der Waals surface area contributed by atoms with Gasteiger partial charge in [-0.05, 0) is 32.1 Å². The maximum Gasteiger partial charge on any atom is 0.229 e. The van der Waals surface area contributed by atoms with Crippen molar-refractivity contribution in [2.75, 3.05) is 13.2 Å². The number of carbonyl (C=O) groups excluding carboxylic acids is 1. The second-order valence-electron chi connectivity index (χ2n) is 7.15. The van der Waals surface area contributed by atoms with Crippen LogP contribution in [-0.2, 0) is 11.2 Å². The van der Waals surface area contributed by atoms with Crippen LogP contribution in [0.4, 0.5) is 0 Å². The Morgan fingerprint density at radius 1 is 1.50 bits per heavy atom. The second kappa shape index (κ2) is 5.93. The van der Waals surface area contributed by atoms with Crippen LogP contribution >= 0.6 is 11.3 Å². The van der Waals surface area contributed by atoms with Crippen molar-refractivity contribution in [1.29, 1.82) is 0 Å². The predicted octanol–water partition coefficient (Wildman–Crippen LogP) is 2.88. The van der Waals surface area contributed by atoms with Gasteiger partial charge < -0.3 is 10.0 Å². The zero-order chi connectivity index (χ0) is 15.9. The Kier molecular flexibility index (Phi) is 4.29. The summed E-state index contributed by atoms with van der Waals surface area (Å²) in [5.41, 5.74) is 1.11. The molecule has 4 nitrogen and oxygen atoms in total. The Morgan fingerprint density at radius 3 is 2.91 bits per heavy atom. The van der Waals surface area contributed by atoms with Gasteiger partial charge in [0.1, 0.15) is 5.01 Å². The predicted molar refractivity (Wildman–Crippen MR) is 88.1 cm³/mol. The van der Waals surface area contributed by atoms with Crippen LogP contribution < -0.4 is 0 Å². The molecule has 122 valence electrons. The number of aliphatic hydroxyl groups excluding tert-OH is 1. The van der Waals surface area contributed by atoms with Crippen molar-refractivity contribution in [2.45, 2.75) is 64.8 Å². The van der Waals surface area contributed by atoms with E-state index in [1.165, 1.54) is 4.88 Å². The molecule has 0 bridgehead atoms. The molecule has 1 aromatic heterocycles. The number of fused-ring (bicyclic) bond motifs is 1. The summed E-state index contributed by atoms with van der Waals surface area (Å²) in [4.78, 5) is 20.6. The Hall–Kier alpha value is -0.940. The van der Waals surface area contributed by atoms with Gasteiger partial charge in [0.2, 0.25) is 5.91 Å². The lowest BCUT2D eigenvalue weighted by molar-refractivity contribution is -0.132. The number of rotatable bonds is 4. The lowest BCUT2D eigenvalue weighted by atomic mass is 9.83. The van der Waals surface area contributed by atoms with E-state index >= 15 is 0 Å². The first-order valence-electron chi connectivity index (χ1n) is 8.33. The molecule has 1 saturated heterocycles. The summed E-state index contributed by atoms with van der Waals surface area (Å²) in [5.74, 6) is 0.593. The van der Waals surface area contributed by atoms with E-state index in [2.05, 4.69) is 25.8 Å². The SMILES string of the molecule is Cc1sc(CC(=O)N2CC[C@@]3(CO)CCC[C@@H]23)nc1C(C)C. The fourth-order valence-electron chi connectivity index (χ4n) is 4.27. The van der Waals surface area contributed by atoms with Crippen molar-refractivity contribution >= 4 is 17.2 Å². The highest BCUT2D eigenvalue weighted by Crippen LogP contribution is 2.48. The van der Waals surface area contributed by atoms with Crippen LogP contribution in [0.15, 0.2) is 0 Å². The van der Waals surface area contributed by atoms with Gasteiger partial charge in [0.05, 0.1) is 18.7 Å². The number of amides is 1. The van der Waals surface area contributed by atoms with Gasteiger partial charge in [-0.25, -0.2) is 4.98 Å². The Labute approximate surface area is 136 Å². The maximum atomic E-state index is 12.7. The average molecular weight is 322 g/mol. The number of hydrogen-bond donors (Lipinski definition) is 1. The van der Waals surface area contributed by atoms with Gasteiger partial charge in [0, 0.05) is 22.9 Å². The third kappa shape index (κ3) is 2.58. The lowest BCUT2D eigenvalue weighted by Crippen LogP contribution is -2.41. The van der Waals surface area contributed by atoms with E-state index in [0.29, 0.717) is 12.3 Å². The highest BCUT2D eigenvalue weighted by atomic mass is 32.1. The van der Waals surface area contributed by atoms with Crippen molar-refractivity contribution in [3.05, 3.63) is 15.6 Å². The minimum Gasteiger partial charge on any atom is -0.396 e. The quantitative estimate of drug-likeness (QED) is 0.927. The fraction of sp³-hybridized carbons (Fsp3) is 0.765. The average Bonchev–Trinajstić information content (AvgIpc) is 3.11. The van der Waals surface area contributed by atoms with E-state index in [1.54, 1.807) is 11.3 Å². The number of likely N-dealkylation sites (tertiary alicyclic amines) is 1. The molecule has 0 aromatic carbocycles. The molecule has 2 heterocycles. The van der Waals surface area contributed by atoms with Gasteiger partial charge in [-0.15, -0.1) is 11.3 Å². The molecule has 1 aromatic rings. The molecule has 3 rings (SSSR count). The van der Waals surface area contributed by atoms with Crippen molar-refractivity contribution in [3.8, 4) is 0 Å². The zero-order valence-electron chi connectivity index (χ0n) is 13.8. The summed E-state index contributed by atoms with van der Waals surface area (Å²) in [6.07, 6.45) is 4.60. The summed E-state index contributed by atoms with van der Waals surface area (Å²) in [6, 6.07) is 0.246. The standard InChI is InChI=1S/C17H26N2O2S/c1-11(2)16-12(3)22-14(18-16)9-15(21)19-8-7-17(10-20)6-4-5-13(17)19/h11,13,20H,4-10H2,1-3H3/t13-,17-/m1/s1. The van der Waals surface area contributed by atoms with Gasteiger partial charge in [-0.3, -0.25) is 4.79 Å². The van der Waals surface area contributed by atoms with Gasteiger partial charge in [0.15, 0.2) is 0 Å². The zero-order valence-corrected chi connectivity index (χ0v) is 14.6. The number of nitrogens with zero attached hydrogens (tertiary/aromatic N) is 2. The first-order chi connectivity index (χ1) is 10.5. The number of aryl methyl sites for hydroxylation is 1. The molecule has 2 atom stereocenters. The normalized spacial score (nSPS) is 27.7. The molecule has 0 spiro atoms. The number of thiazole rings is 1. The van der Waals surface area contributed by atoms with Crippen LogP contribution in [0.1, 0.15) is 61.0 Å². The van der Waals surface area contributed by atoms with E-state index in [1.807, 2.05) is 4.90 Å². The molecular formula is C17H26N2O2S. The van der Waals surface area contributed by atoms with Crippen LogP contribution in [0.5, 0.6) is 0 Å². The first-order valence-corrected chi connectivity index (χ1v) is 9.15. The summed E-state index contributed by atoms with van der Waals surface area (Å²) in [5, 5.41) is 10.7. The number of aromatic nitrogens is 1. The summed E-state index contributed by atoms with van der Waals surface area (Å²) >= 11 is 1.65. The second-order valence-corrected chi connectivity index (χ2v) is 8.43. The maximum absolute atomic E-state index is 12.7. The Bertz CT molecular complexity index is 569. The summed E-state index contributed by atoms with van der Waals surface area (Å²) in [6.45, 7) is 7.38. The van der Waals surface area contributed by atoms with Crippen LogP contribution in [0.2, 0.25) is 0 Å². The highest BCUT2D eigenvalue weighted by molar-refractivity contribution is 7.11. The van der Waals surface area contributed by atoms with Crippen LogP contribution in [0, 0.1) is 12.3 Å². The Balaban J connectivity index is 1.72. The largest absolute Gasteiger partial charge is 0.396 e. The molecule has 2 aliphatic rings. The number of hydrogen-bond acceptors (Lipinski definition) is 4. The molecular weight excluding hydrogens is 296 g/mol. The highest BCUT2D eigenvalue weighted by Gasteiger charge is 2.51. The topological polar surface area (TPSA) is 53.4 Å². The van der Waals surface area contributed by atoms with Crippen LogP contribution in [0.25, 0.3) is 0 Å². The fourth-order valence-corrected chi connectivity index (χ4v) is 5.35. The van der Waals surface area contributed by atoms with E-state index in [0.717, 1.165) is 42.9 Å². The molecule has 0 radical (unpaired) electrons. The van der Waals surface area contributed by atoms with Gasteiger partial charge in [-0.1, -0.05) is 20.3 Å². The molecule has 2 fully saturated rings. The Morgan fingerprint density at radius 2 is 2.27 bits per heavy atom.